The van der Waals surface area contributed by atoms with Crippen molar-refractivity contribution in [3.63, 3.8) is 0 Å². The quantitative estimate of drug-likeness (QED) is 0.799. The summed E-state index contributed by atoms with van der Waals surface area (Å²) < 4.78 is 0. The van der Waals surface area contributed by atoms with Crippen LogP contribution in [0.3, 0.4) is 0 Å². The third-order valence-corrected chi connectivity index (χ3v) is 5.84. The maximum absolute atomic E-state index is 12.7. The van der Waals surface area contributed by atoms with E-state index in [1.54, 1.807) is 12.4 Å². The Morgan fingerprint density at radius 1 is 1.18 bits per heavy atom. The van der Waals surface area contributed by atoms with Crippen LogP contribution in [-0.4, -0.2) is 47.4 Å². The van der Waals surface area contributed by atoms with Crippen molar-refractivity contribution in [3.8, 4) is 0 Å². The Hall–Kier alpha value is -2.73. The number of aromatic nitrogens is 1. The minimum atomic E-state index is -0.429. The van der Waals surface area contributed by atoms with Gasteiger partial charge in [-0.2, -0.15) is 0 Å². The summed E-state index contributed by atoms with van der Waals surface area (Å²) in [7, 11) is 0. The fourth-order valence-corrected chi connectivity index (χ4v) is 4.29. The first-order valence-electron chi connectivity index (χ1n) is 9.88. The molecule has 0 aliphatic carbocycles. The zero-order valence-electron chi connectivity index (χ0n) is 15.9. The molecule has 0 unspecified atom stereocenters. The lowest BCUT2D eigenvalue weighted by atomic mass is 9.84. The first-order valence-corrected chi connectivity index (χ1v) is 9.88. The third-order valence-electron chi connectivity index (χ3n) is 5.84. The van der Waals surface area contributed by atoms with Crippen molar-refractivity contribution in [3.05, 3.63) is 66.0 Å². The van der Waals surface area contributed by atoms with Gasteiger partial charge in [-0.1, -0.05) is 30.3 Å². The molecule has 1 spiro atoms. The minimum Gasteiger partial charge on any atom is -0.354 e. The van der Waals surface area contributed by atoms with Gasteiger partial charge >= 0.3 is 0 Å². The summed E-state index contributed by atoms with van der Waals surface area (Å²) >= 11 is 0. The number of hydrogen-bond donors (Lipinski definition) is 2. The molecule has 0 saturated carbocycles. The predicted molar refractivity (Wildman–Crippen MR) is 106 cm³/mol. The monoisotopic (exact) mass is 378 g/mol. The van der Waals surface area contributed by atoms with Crippen LogP contribution in [0.5, 0.6) is 0 Å². The lowest BCUT2D eigenvalue weighted by Gasteiger charge is -2.21. The van der Waals surface area contributed by atoms with Crippen LogP contribution in [0.25, 0.3) is 0 Å². The molecule has 4 rings (SSSR count). The highest BCUT2D eigenvalue weighted by Crippen LogP contribution is 2.40. The van der Waals surface area contributed by atoms with E-state index in [1.807, 2.05) is 30.3 Å². The first kappa shape index (κ1) is 18.6. The number of rotatable bonds is 6. The second-order valence-corrected chi connectivity index (χ2v) is 7.85. The zero-order valence-corrected chi connectivity index (χ0v) is 15.9. The zero-order chi connectivity index (χ0) is 19.4. The van der Waals surface area contributed by atoms with Crippen LogP contribution < -0.4 is 10.6 Å². The van der Waals surface area contributed by atoms with E-state index in [4.69, 9.17) is 0 Å². The second kappa shape index (κ2) is 8.10. The highest BCUT2D eigenvalue weighted by atomic mass is 16.2. The van der Waals surface area contributed by atoms with Gasteiger partial charge in [-0.3, -0.25) is 19.5 Å². The van der Waals surface area contributed by atoms with Gasteiger partial charge in [0, 0.05) is 32.0 Å². The molecule has 2 aliphatic heterocycles. The fraction of sp³-hybridized carbons (Fsp3) is 0.409. The Kier molecular flexibility index (Phi) is 5.39. The van der Waals surface area contributed by atoms with E-state index in [9.17, 15) is 9.59 Å². The lowest BCUT2D eigenvalue weighted by molar-refractivity contribution is -0.128. The Morgan fingerprint density at radius 3 is 2.75 bits per heavy atom. The van der Waals surface area contributed by atoms with Crippen molar-refractivity contribution in [1.82, 2.24) is 20.5 Å². The van der Waals surface area contributed by atoms with Gasteiger partial charge in [0.15, 0.2) is 0 Å². The molecular weight excluding hydrogens is 352 g/mol. The maximum atomic E-state index is 12.7. The van der Waals surface area contributed by atoms with E-state index in [0.29, 0.717) is 19.5 Å². The summed E-state index contributed by atoms with van der Waals surface area (Å²) in [5, 5.41) is 5.90. The fourth-order valence-electron chi connectivity index (χ4n) is 4.29. The molecule has 2 atom stereocenters. The van der Waals surface area contributed by atoms with Gasteiger partial charge in [-0.05, 0) is 49.1 Å². The Bertz CT molecular complexity index is 827. The molecule has 6 nitrogen and oxygen atoms in total. The molecule has 0 radical (unpaired) electrons. The van der Waals surface area contributed by atoms with Gasteiger partial charge in [0.25, 0.3) is 0 Å². The number of carbonyl (C=O) groups excluding carboxylic acids is 2. The number of amides is 2. The number of hydrogen-bond acceptors (Lipinski definition) is 4. The number of pyridine rings is 1. The van der Waals surface area contributed by atoms with Crippen LogP contribution >= 0.6 is 0 Å². The van der Waals surface area contributed by atoms with E-state index >= 15 is 0 Å². The van der Waals surface area contributed by atoms with Gasteiger partial charge in [-0.25, -0.2) is 0 Å². The van der Waals surface area contributed by atoms with Crippen LogP contribution in [-0.2, 0) is 22.6 Å². The molecule has 2 N–H and O–H groups in total. The topological polar surface area (TPSA) is 74.3 Å². The highest BCUT2D eigenvalue weighted by molar-refractivity contribution is 5.94. The number of benzene rings is 1. The van der Waals surface area contributed by atoms with Crippen LogP contribution in [0.2, 0.25) is 0 Å². The van der Waals surface area contributed by atoms with Crippen molar-refractivity contribution in [2.24, 2.45) is 5.41 Å². The standard InChI is InChI=1S/C22H26N4O2/c27-20(24-12-8-17-6-10-23-11-7-17)19-14-22(21(28)25-19)9-13-26(16-22)15-18-4-2-1-3-5-18/h1-7,10-11,19H,8-9,12-16H2,(H,24,27)(H,25,28)/t19-,22-/m0/s1. The van der Waals surface area contributed by atoms with Crippen molar-refractivity contribution in [2.75, 3.05) is 19.6 Å². The Labute approximate surface area is 165 Å². The molecule has 0 bridgehead atoms. The first-order chi connectivity index (χ1) is 13.6. The molecule has 6 heteroatoms. The highest BCUT2D eigenvalue weighted by Gasteiger charge is 2.52. The molecule has 2 fully saturated rings. The smallest absolute Gasteiger partial charge is 0.242 e. The molecule has 2 saturated heterocycles. The maximum Gasteiger partial charge on any atom is 0.242 e. The lowest BCUT2D eigenvalue weighted by Crippen LogP contribution is -2.42. The molecular formula is C22H26N4O2. The van der Waals surface area contributed by atoms with E-state index in [0.717, 1.165) is 31.5 Å². The van der Waals surface area contributed by atoms with Crippen LogP contribution in [0.4, 0.5) is 0 Å². The largest absolute Gasteiger partial charge is 0.354 e. The number of nitrogens with zero attached hydrogens (tertiary/aromatic N) is 2. The molecule has 2 aromatic rings. The van der Waals surface area contributed by atoms with E-state index in [-0.39, 0.29) is 11.8 Å². The minimum absolute atomic E-state index is 0.0253. The van der Waals surface area contributed by atoms with Gasteiger partial charge in [-0.15, -0.1) is 0 Å². The van der Waals surface area contributed by atoms with E-state index < -0.39 is 11.5 Å². The van der Waals surface area contributed by atoms with Crippen LogP contribution in [0, 0.1) is 5.41 Å². The summed E-state index contributed by atoms with van der Waals surface area (Å²) in [6.45, 7) is 3.01. The molecule has 2 aliphatic rings. The van der Waals surface area contributed by atoms with Gasteiger partial charge in [0.2, 0.25) is 11.8 Å². The number of likely N-dealkylation sites (tertiary alicyclic amines) is 1. The van der Waals surface area contributed by atoms with Crippen molar-refractivity contribution >= 4 is 11.8 Å². The SMILES string of the molecule is O=C(NCCc1ccncc1)[C@@H]1C[C@]2(CCN(Cc3ccccc3)C2)C(=O)N1. The van der Waals surface area contributed by atoms with E-state index in [2.05, 4.69) is 32.7 Å². The van der Waals surface area contributed by atoms with Crippen LogP contribution in [0.1, 0.15) is 24.0 Å². The van der Waals surface area contributed by atoms with Gasteiger partial charge in [0.05, 0.1) is 5.41 Å². The number of carbonyl (C=O) groups is 2. The van der Waals surface area contributed by atoms with Crippen molar-refractivity contribution in [1.29, 1.82) is 0 Å². The van der Waals surface area contributed by atoms with Crippen molar-refractivity contribution < 1.29 is 9.59 Å². The van der Waals surface area contributed by atoms with Gasteiger partial charge in [0.1, 0.15) is 6.04 Å². The van der Waals surface area contributed by atoms with Gasteiger partial charge < -0.3 is 10.6 Å². The molecule has 146 valence electrons. The second-order valence-electron chi connectivity index (χ2n) is 7.85. The molecule has 3 heterocycles. The average molecular weight is 378 g/mol. The average Bonchev–Trinajstić information content (AvgIpc) is 3.27. The molecule has 28 heavy (non-hydrogen) atoms. The molecule has 2 amide bonds. The summed E-state index contributed by atoms with van der Waals surface area (Å²) in [5.74, 6) is -0.0573. The molecule has 1 aromatic carbocycles. The summed E-state index contributed by atoms with van der Waals surface area (Å²) in [6, 6.07) is 13.8. The predicted octanol–water partition coefficient (Wildman–Crippen LogP) is 1.52. The summed E-state index contributed by atoms with van der Waals surface area (Å²) in [6.07, 6.45) is 5.65. The van der Waals surface area contributed by atoms with Crippen molar-refractivity contribution in [2.45, 2.75) is 31.8 Å². The summed E-state index contributed by atoms with van der Waals surface area (Å²) in [5.41, 5.74) is 1.96. The third kappa shape index (κ3) is 4.07. The van der Waals surface area contributed by atoms with Crippen LogP contribution in [0.15, 0.2) is 54.9 Å². The molecule has 1 aromatic heterocycles. The normalized spacial score (nSPS) is 24.4. The van der Waals surface area contributed by atoms with E-state index in [1.165, 1.54) is 5.56 Å². The summed E-state index contributed by atoms with van der Waals surface area (Å²) in [4.78, 5) is 31.5. The Balaban J connectivity index is 1.29. The number of nitrogens with one attached hydrogen (secondary N) is 2. The Morgan fingerprint density at radius 2 is 1.96 bits per heavy atom.